The first-order chi connectivity index (χ1) is 15.4. The van der Waals surface area contributed by atoms with E-state index in [2.05, 4.69) is 0 Å². The number of ether oxygens (including phenoxy) is 1. The number of carbonyl (C=O) groups is 2. The van der Waals surface area contributed by atoms with E-state index in [1.165, 1.54) is 6.07 Å². The van der Waals surface area contributed by atoms with Crippen LogP contribution >= 0.6 is 11.6 Å². The SMILES string of the molecule is CCCOc1cccc(/C(O)=C2/C(=O)C(=O)N(C3CCCC3)C2c2ccc(O)c(Cl)c2)c1. The number of aromatic hydroxyl groups is 1. The van der Waals surface area contributed by atoms with Crippen molar-refractivity contribution in [2.45, 2.75) is 51.1 Å². The lowest BCUT2D eigenvalue weighted by atomic mass is 9.94. The Morgan fingerprint density at radius 2 is 1.91 bits per heavy atom. The number of amides is 1. The fourth-order valence-electron chi connectivity index (χ4n) is 4.54. The summed E-state index contributed by atoms with van der Waals surface area (Å²) in [4.78, 5) is 27.8. The molecule has 1 saturated carbocycles. The Kier molecular flexibility index (Phi) is 6.42. The molecule has 1 amide bonds. The van der Waals surface area contributed by atoms with E-state index in [0.29, 0.717) is 23.5 Å². The fourth-order valence-corrected chi connectivity index (χ4v) is 4.73. The molecule has 1 heterocycles. The summed E-state index contributed by atoms with van der Waals surface area (Å²) in [5, 5.41) is 21.2. The smallest absolute Gasteiger partial charge is 0.295 e. The fraction of sp³-hybridized carbons (Fsp3) is 0.360. The number of carbonyl (C=O) groups excluding carboxylic acids is 2. The van der Waals surface area contributed by atoms with Crippen molar-refractivity contribution in [2.24, 2.45) is 0 Å². The van der Waals surface area contributed by atoms with Gasteiger partial charge in [0.2, 0.25) is 0 Å². The van der Waals surface area contributed by atoms with E-state index in [1.54, 1.807) is 41.3 Å². The third kappa shape index (κ3) is 4.07. The quantitative estimate of drug-likeness (QED) is 0.355. The molecule has 2 fully saturated rings. The summed E-state index contributed by atoms with van der Waals surface area (Å²) in [6.07, 6.45) is 4.40. The number of phenols is 1. The Morgan fingerprint density at radius 1 is 1.16 bits per heavy atom. The Morgan fingerprint density at radius 3 is 2.59 bits per heavy atom. The number of aliphatic hydroxyl groups is 1. The first-order valence-electron chi connectivity index (χ1n) is 10.9. The molecule has 2 aromatic carbocycles. The highest BCUT2D eigenvalue weighted by atomic mass is 35.5. The van der Waals surface area contributed by atoms with Crippen molar-refractivity contribution in [2.75, 3.05) is 6.61 Å². The molecule has 2 aliphatic rings. The number of rotatable bonds is 6. The first-order valence-corrected chi connectivity index (χ1v) is 11.3. The summed E-state index contributed by atoms with van der Waals surface area (Å²) in [5.74, 6) is -1.10. The Bertz CT molecular complexity index is 1070. The lowest BCUT2D eigenvalue weighted by molar-refractivity contribution is -0.141. The van der Waals surface area contributed by atoms with Crippen LogP contribution in [0.2, 0.25) is 5.02 Å². The lowest BCUT2D eigenvalue weighted by Gasteiger charge is -2.31. The lowest BCUT2D eigenvalue weighted by Crippen LogP contribution is -2.37. The number of phenolic OH excluding ortho intramolecular Hbond substituents is 1. The van der Waals surface area contributed by atoms with E-state index < -0.39 is 17.7 Å². The number of hydrogen-bond donors (Lipinski definition) is 2. The van der Waals surface area contributed by atoms with E-state index in [1.807, 2.05) is 6.92 Å². The minimum Gasteiger partial charge on any atom is -0.507 e. The zero-order chi connectivity index (χ0) is 22.8. The molecule has 168 valence electrons. The van der Waals surface area contributed by atoms with Crippen LogP contribution in [0.15, 0.2) is 48.0 Å². The highest BCUT2D eigenvalue weighted by Crippen LogP contribution is 2.44. The number of ketones is 1. The largest absolute Gasteiger partial charge is 0.507 e. The molecule has 32 heavy (non-hydrogen) atoms. The molecule has 7 heteroatoms. The number of Topliss-reactive ketones (excluding diaryl/α,β-unsaturated/α-hetero) is 1. The number of benzene rings is 2. The molecule has 4 rings (SSSR count). The molecule has 0 radical (unpaired) electrons. The first kappa shape index (κ1) is 22.2. The average molecular weight is 456 g/mol. The highest BCUT2D eigenvalue weighted by Gasteiger charge is 2.49. The Balaban J connectivity index is 1.84. The molecule has 6 nitrogen and oxygen atoms in total. The second-order valence-corrected chi connectivity index (χ2v) is 8.64. The highest BCUT2D eigenvalue weighted by molar-refractivity contribution is 6.46. The molecule has 1 saturated heterocycles. The topological polar surface area (TPSA) is 87.1 Å². The van der Waals surface area contributed by atoms with Crippen LogP contribution in [-0.4, -0.2) is 39.5 Å². The van der Waals surface area contributed by atoms with Crippen LogP contribution in [0.3, 0.4) is 0 Å². The summed E-state index contributed by atoms with van der Waals surface area (Å²) >= 11 is 6.15. The summed E-state index contributed by atoms with van der Waals surface area (Å²) in [6, 6.07) is 10.6. The monoisotopic (exact) mass is 455 g/mol. The zero-order valence-corrected chi connectivity index (χ0v) is 18.6. The van der Waals surface area contributed by atoms with Crippen molar-refractivity contribution in [3.8, 4) is 11.5 Å². The minimum atomic E-state index is -0.781. The summed E-state index contributed by atoms with van der Waals surface area (Å²) in [6.45, 7) is 2.53. The van der Waals surface area contributed by atoms with E-state index in [4.69, 9.17) is 16.3 Å². The van der Waals surface area contributed by atoms with Crippen molar-refractivity contribution >= 4 is 29.1 Å². The van der Waals surface area contributed by atoms with Crippen molar-refractivity contribution in [1.29, 1.82) is 0 Å². The number of halogens is 1. The molecule has 2 aromatic rings. The zero-order valence-electron chi connectivity index (χ0n) is 17.9. The third-order valence-corrected chi connectivity index (χ3v) is 6.37. The minimum absolute atomic E-state index is 0.0243. The Labute approximate surface area is 192 Å². The van der Waals surface area contributed by atoms with Gasteiger partial charge in [-0.25, -0.2) is 0 Å². The van der Waals surface area contributed by atoms with Crippen LogP contribution in [0.5, 0.6) is 11.5 Å². The average Bonchev–Trinajstić information content (AvgIpc) is 3.41. The maximum atomic E-state index is 13.2. The van der Waals surface area contributed by atoms with Gasteiger partial charge in [-0.3, -0.25) is 9.59 Å². The van der Waals surface area contributed by atoms with Crippen LogP contribution in [0.25, 0.3) is 5.76 Å². The van der Waals surface area contributed by atoms with Crippen molar-refractivity contribution < 1.29 is 24.5 Å². The van der Waals surface area contributed by atoms with Gasteiger partial charge >= 0.3 is 0 Å². The predicted octanol–water partition coefficient (Wildman–Crippen LogP) is 5.20. The van der Waals surface area contributed by atoms with Gasteiger partial charge in [-0.05, 0) is 49.1 Å². The van der Waals surface area contributed by atoms with Crippen molar-refractivity contribution in [3.63, 3.8) is 0 Å². The second-order valence-electron chi connectivity index (χ2n) is 8.23. The number of likely N-dealkylation sites (tertiary alicyclic amines) is 1. The Hall–Kier alpha value is -2.99. The van der Waals surface area contributed by atoms with E-state index >= 15 is 0 Å². The summed E-state index contributed by atoms with van der Waals surface area (Å²) in [5.41, 5.74) is 0.994. The number of aliphatic hydroxyl groups excluding tert-OH is 1. The predicted molar refractivity (Wildman–Crippen MR) is 122 cm³/mol. The van der Waals surface area contributed by atoms with E-state index in [0.717, 1.165) is 32.1 Å². The normalized spacial score (nSPS) is 20.8. The molecule has 0 aromatic heterocycles. The molecule has 1 unspecified atom stereocenters. The van der Waals surface area contributed by atoms with Crippen LogP contribution in [-0.2, 0) is 9.59 Å². The molecule has 1 aliphatic heterocycles. The van der Waals surface area contributed by atoms with Gasteiger partial charge < -0.3 is 19.8 Å². The summed E-state index contributed by atoms with van der Waals surface area (Å²) < 4.78 is 5.66. The molecular weight excluding hydrogens is 430 g/mol. The van der Waals surface area contributed by atoms with Crippen LogP contribution < -0.4 is 4.74 Å². The maximum Gasteiger partial charge on any atom is 0.295 e. The second kappa shape index (κ2) is 9.25. The van der Waals surface area contributed by atoms with Crippen LogP contribution in [0.4, 0.5) is 0 Å². The molecular formula is C25H26ClNO5. The number of hydrogen-bond acceptors (Lipinski definition) is 5. The standard InChI is InChI=1S/C25H26ClNO5/c1-2-12-32-18-9-5-6-16(13-18)23(29)21-22(15-10-11-20(28)19(26)14-15)27(25(31)24(21)30)17-7-3-4-8-17/h5-6,9-11,13-14,17,22,28-29H,2-4,7-8,12H2,1H3/b23-21-. The van der Waals surface area contributed by atoms with E-state index in [9.17, 15) is 19.8 Å². The summed E-state index contributed by atoms with van der Waals surface area (Å²) in [7, 11) is 0. The van der Waals surface area contributed by atoms with Gasteiger partial charge in [0.05, 0.1) is 23.2 Å². The van der Waals surface area contributed by atoms with Crippen molar-refractivity contribution in [3.05, 3.63) is 64.2 Å². The van der Waals surface area contributed by atoms with Crippen LogP contribution in [0, 0.1) is 0 Å². The van der Waals surface area contributed by atoms with Gasteiger partial charge in [-0.15, -0.1) is 0 Å². The maximum absolute atomic E-state index is 13.2. The van der Waals surface area contributed by atoms with E-state index in [-0.39, 0.29) is 28.1 Å². The van der Waals surface area contributed by atoms with Gasteiger partial charge in [0.25, 0.3) is 11.7 Å². The number of nitrogens with zero attached hydrogens (tertiary/aromatic N) is 1. The van der Waals surface area contributed by atoms with Gasteiger partial charge in [0, 0.05) is 11.6 Å². The van der Waals surface area contributed by atoms with Gasteiger partial charge in [0.1, 0.15) is 17.3 Å². The third-order valence-electron chi connectivity index (χ3n) is 6.07. The molecule has 2 N–H and O–H groups in total. The van der Waals surface area contributed by atoms with Crippen LogP contribution in [0.1, 0.15) is 56.2 Å². The van der Waals surface area contributed by atoms with Gasteiger partial charge in [0.15, 0.2) is 0 Å². The molecule has 1 aliphatic carbocycles. The molecule has 0 bridgehead atoms. The van der Waals surface area contributed by atoms with Crippen molar-refractivity contribution in [1.82, 2.24) is 4.90 Å². The molecule has 1 atom stereocenters. The van der Waals surface area contributed by atoms with Gasteiger partial charge in [-0.2, -0.15) is 0 Å². The van der Waals surface area contributed by atoms with Gasteiger partial charge in [-0.1, -0.05) is 49.6 Å². The molecule has 0 spiro atoms.